The number of benzene rings is 2. The van der Waals surface area contributed by atoms with Crippen molar-refractivity contribution in [3.8, 4) is 5.75 Å². The van der Waals surface area contributed by atoms with Crippen molar-refractivity contribution in [3.05, 3.63) is 36.4 Å². The third kappa shape index (κ3) is 2.12. The molecule has 0 aromatic heterocycles. The highest BCUT2D eigenvalue weighted by molar-refractivity contribution is 8.00. The van der Waals surface area contributed by atoms with E-state index in [9.17, 15) is 9.90 Å². The summed E-state index contributed by atoms with van der Waals surface area (Å²) in [6.45, 7) is 0. The first-order valence-electron chi connectivity index (χ1n) is 4.74. The molecule has 2 aromatic rings. The van der Waals surface area contributed by atoms with Gasteiger partial charge in [0.05, 0.1) is 5.75 Å². The molecule has 0 unspecified atom stereocenters. The number of hydrogen-bond acceptors (Lipinski definition) is 3. The summed E-state index contributed by atoms with van der Waals surface area (Å²) >= 11 is 1.26. The number of hydrogen-bond donors (Lipinski definition) is 2. The predicted molar refractivity (Wildman–Crippen MR) is 64.0 cm³/mol. The van der Waals surface area contributed by atoms with E-state index in [0.717, 1.165) is 15.7 Å². The molecule has 82 valence electrons. The van der Waals surface area contributed by atoms with Crippen LogP contribution in [0.15, 0.2) is 41.3 Å². The van der Waals surface area contributed by atoms with Crippen molar-refractivity contribution < 1.29 is 15.0 Å². The number of aromatic hydroxyl groups is 1. The van der Waals surface area contributed by atoms with Crippen molar-refractivity contribution in [3.63, 3.8) is 0 Å². The topological polar surface area (TPSA) is 57.5 Å². The Bertz CT molecular complexity index is 537. The predicted octanol–water partition coefficient (Wildman–Crippen LogP) is 2.72. The Kier molecular flexibility index (Phi) is 3.01. The molecule has 0 aliphatic rings. The fourth-order valence-electron chi connectivity index (χ4n) is 1.53. The van der Waals surface area contributed by atoms with Crippen LogP contribution in [0.4, 0.5) is 0 Å². The fourth-order valence-corrected chi connectivity index (χ4v) is 2.32. The van der Waals surface area contributed by atoms with Crippen LogP contribution in [0.3, 0.4) is 0 Å². The molecule has 0 heterocycles. The Morgan fingerprint density at radius 1 is 1.12 bits per heavy atom. The lowest BCUT2D eigenvalue weighted by molar-refractivity contribution is -0.133. The third-order valence-electron chi connectivity index (χ3n) is 2.21. The van der Waals surface area contributed by atoms with Crippen LogP contribution in [0.2, 0.25) is 0 Å². The first-order chi connectivity index (χ1) is 7.68. The molecular weight excluding hydrogens is 224 g/mol. The van der Waals surface area contributed by atoms with Gasteiger partial charge < -0.3 is 10.2 Å². The van der Waals surface area contributed by atoms with Crippen LogP contribution in [-0.4, -0.2) is 21.9 Å². The molecular formula is C12H10O3S. The summed E-state index contributed by atoms with van der Waals surface area (Å²) in [4.78, 5) is 11.4. The quantitative estimate of drug-likeness (QED) is 0.802. The minimum atomic E-state index is -0.845. The maximum absolute atomic E-state index is 10.5. The standard InChI is InChI=1S/C12H10O3S/c13-10-5-1-4-9-8(10)3-2-6-11(9)16-7-12(14)15/h1-6,13H,7H2,(H,14,15). The Balaban J connectivity index is 2.45. The van der Waals surface area contributed by atoms with E-state index in [0.29, 0.717) is 0 Å². The van der Waals surface area contributed by atoms with Gasteiger partial charge in [-0.1, -0.05) is 24.3 Å². The summed E-state index contributed by atoms with van der Waals surface area (Å²) < 4.78 is 0. The maximum Gasteiger partial charge on any atom is 0.313 e. The summed E-state index contributed by atoms with van der Waals surface area (Å²) in [5.41, 5.74) is 0. The van der Waals surface area contributed by atoms with Crippen molar-refractivity contribution >= 4 is 28.5 Å². The number of thioether (sulfide) groups is 1. The van der Waals surface area contributed by atoms with Gasteiger partial charge in [-0.2, -0.15) is 0 Å². The zero-order valence-electron chi connectivity index (χ0n) is 8.38. The number of rotatable bonds is 3. The van der Waals surface area contributed by atoms with E-state index < -0.39 is 5.97 Å². The summed E-state index contributed by atoms with van der Waals surface area (Å²) in [5, 5.41) is 19.9. The molecule has 0 saturated carbocycles. The van der Waals surface area contributed by atoms with Gasteiger partial charge in [-0.05, 0) is 17.5 Å². The molecule has 3 nitrogen and oxygen atoms in total. The van der Waals surface area contributed by atoms with Gasteiger partial charge in [0.25, 0.3) is 0 Å². The van der Waals surface area contributed by atoms with E-state index >= 15 is 0 Å². The monoisotopic (exact) mass is 234 g/mol. The summed E-state index contributed by atoms with van der Waals surface area (Å²) in [7, 11) is 0. The number of fused-ring (bicyclic) bond motifs is 1. The minimum absolute atomic E-state index is 0.0226. The number of phenolic OH excluding ortho intramolecular Hbond substituents is 1. The molecule has 0 atom stereocenters. The van der Waals surface area contributed by atoms with Gasteiger partial charge in [0.2, 0.25) is 0 Å². The Hall–Kier alpha value is -1.68. The highest BCUT2D eigenvalue weighted by atomic mass is 32.2. The molecule has 0 radical (unpaired) electrons. The zero-order chi connectivity index (χ0) is 11.5. The van der Waals surface area contributed by atoms with Crippen molar-refractivity contribution in [2.75, 3.05) is 5.75 Å². The van der Waals surface area contributed by atoms with E-state index in [1.54, 1.807) is 12.1 Å². The second-order valence-corrected chi connectivity index (χ2v) is 4.33. The largest absolute Gasteiger partial charge is 0.507 e. The van der Waals surface area contributed by atoms with E-state index in [2.05, 4.69) is 0 Å². The molecule has 0 aliphatic heterocycles. The molecule has 0 bridgehead atoms. The summed E-state index contributed by atoms with van der Waals surface area (Å²) in [6.07, 6.45) is 0. The van der Waals surface area contributed by atoms with Gasteiger partial charge in [-0.25, -0.2) is 0 Å². The van der Waals surface area contributed by atoms with E-state index in [1.165, 1.54) is 11.8 Å². The Morgan fingerprint density at radius 3 is 2.56 bits per heavy atom. The highest BCUT2D eigenvalue weighted by Crippen LogP contribution is 2.32. The Labute approximate surface area is 96.7 Å². The average molecular weight is 234 g/mol. The van der Waals surface area contributed by atoms with Crippen LogP contribution in [-0.2, 0) is 4.79 Å². The number of aliphatic carboxylic acids is 1. The van der Waals surface area contributed by atoms with Crippen LogP contribution in [0.1, 0.15) is 0 Å². The SMILES string of the molecule is O=C(O)CSc1cccc2c(O)cccc12. The van der Waals surface area contributed by atoms with Crippen LogP contribution in [0, 0.1) is 0 Å². The van der Waals surface area contributed by atoms with Crippen molar-refractivity contribution in [2.24, 2.45) is 0 Å². The van der Waals surface area contributed by atoms with E-state index in [1.807, 2.05) is 24.3 Å². The molecule has 2 rings (SSSR count). The maximum atomic E-state index is 10.5. The second kappa shape index (κ2) is 4.45. The molecule has 2 N–H and O–H groups in total. The third-order valence-corrected chi connectivity index (χ3v) is 3.27. The van der Waals surface area contributed by atoms with Gasteiger partial charge in [0.1, 0.15) is 5.75 Å². The van der Waals surface area contributed by atoms with Crippen LogP contribution < -0.4 is 0 Å². The average Bonchev–Trinajstić information content (AvgIpc) is 2.27. The number of phenols is 1. The molecule has 0 spiro atoms. The van der Waals surface area contributed by atoms with Crippen molar-refractivity contribution in [2.45, 2.75) is 4.90 Å². The number of carboxylic acids is 1. The van der Waals surface area contributed by atoms with E-state index in [-0.39, 0.29) is 11.5 Å². The highest BCUT2D eigenvalue weighted by Gasteiger charge is 2.06. The van der Waals surface area contributed by atoms with Crippen molar-refractivity contribution in [1.82, 2.24) is 0 Å². The molecule has 0 amide bonds. The summed E-state index contributed by atoms with van der Waals surface area (Å²) in [6, 6.07) is 10.7. The molecule has 0 fully saturated rings. The molecule has 0 aliphatic carbocycles. The lowest BCUT2D eigenvalue weighted by atomic mass is 10.1. The Morgan fingerprint density at radius 2 is 1.81 bits per heavy atom. The van der Waals surface area contributed by atoms with Gasteiger partial charge in [-0.15, -0.1) is 11.8 Å². The molecule has 0 saturated heterocycles. The second-order valence-electron chi connectivity index (χ2n) is 3.31. The fraction of sp³-hybridized carbons (Fsp3) is 0.0833. The van der Waals surface area contributed by atoms with Crippen LogP contribution >= 0.6 is 11.8 Å². The first-order valence-corrected chi connectivity index (χ1v) is 5.72. The number of carboxylic acid groups (broad SMARTS) is 1. The molecule has 4 heteroatoms. The molecule has 16 heavy (non-hydrogen) atoms. The van der Waals surface area contributed by atoms with Gasteiger partial charge in [0, 0.05) is 10.3 Å². The van der Waals surface area contributed by atoms with Crippen LogP contribution in [0.25, 0.3) is 10.8 Å². The van der Waals surface area contributed by atoms with Gasteiger partial charge in [-0.3, -0.25) is 4.79 Å². The van der Waals surface area contributed by atoms with Gasteiger partial charge >= 0.3 is 5.97 Å². The minimum Gasteiger partial charge on any atom is -0.507 e. The van der Waals surface area contributed by atoms with Crippen molar-refractivity contribution in [1.29, 1.82) is 0 Å². The lowest BCUT2D eigenvalue weighted by Crippen LogP contribution is -1.97. The first kappa shape index (κ1) is 10.8. The van der Waals surface area contributed by atoms with Crippen LogP contribution in [0.5, 0.6) is 5.75 Å². The normalized spacial score (nSPS) is 10.5. The molecule has 2 aromatic carbocycles. The zero-order valence-corrected chi connectivity index (χ0v) is 9.20. The smallest absolute Gasteiger partial charge is 0.313 e. The van der Waals surface area contributed by atoms with E-state index in [4.69, 9.17) is 5.11 Å². The van der Waals surface area contributed by atoms with Gasteiger partial charge in [0.15, 0.2) is 0 Å². The summed E-state index contributed by atoms with van der Waals surface area (Å²) in [5.74, 6) is -0.605. The lowest BCUT2D eigenvalue weighted by Gasteiger charge is -2.05. The number of carbonyl (C=O) groups is 1.